The molecule has 0 atom stereocenters. The van der Waals surface area contributed by atoms with Gasteiger partial charge in [0.15, 0.2) is 0 Å². The standard InChI is InChI=1S/C14H12FNOS2/c1-19-11-4-2-3-9(7-11)16-14(17)12-8-10(18)5-6-13(12)15/h2-8,18H,1H3,(H,16,17). The Labute approximate surface area is 120 Å². The van der Waals surface area contributed by atoms with Gasteiger partial charge in [-0.2, -0.15) is 0 Å². The van der Waals surface area contributed by atoms with Gasteiger partial charge in [-0.25, -0.2) is 4.39 Å². The van der Waals surface area contributed by atoms with Crippen molar-refractivity contribution in [3.8, 4) is 0 Å². The summed E-state index contributed by atoms with van der Waals surface area (Å²) in [6, 6.07) is 11.5. The first-order valence-electron chi connectivity index (χ1n) is 5.54. The number of halogens is 1. The van der Waals surface area contributed by atoms with E-state index >= 15 is 0 Å². The number of carbonyl (C=O) groups is 1. The summed E-state index contributed by atoms with van der Waals surface area (Å²) < 4.78 is 13.6. The van der Waals surface area contributed by atoms with Crippen LogP contribution >= 0.6 is 24.4 Å². The summed E-state index contributed by atoms with van der Waals surface area (Å²) >= 11 is 5.68. The van der Waals surface area contributed by atoms with Crippen LogP contribution in [0.5, 0.6) is 0 Å². The van der Waals surface area contributed by atoms with Gasteiger partial charge in [0.2, 0.25) is 0 Å². The van der Waals surface area contributed by atoms with E-state index < -0.39 is 11.7 Å². The van der Waals surface area contributed by atoms with Crippen molar-refractivity contribution in [1.82, 2.24) is 0 Å². The van der Waals surface area contributed by atoms with Crippen molar-refractivity contribution in [3.63, 3.8) is 0 Å². The lowest BCUT2D eigenvalue weighted by molar-refractivity contribution is 0.102. The molecule has 0 aliphatic heterocycles. The number of thiol groups is 1. The molecule has 5 heteroatoms. The summed E-state index contributed by atoms with van der Waals surface area (Å²) in [6.07, 6.45) is 1.95. The van der Waals surface area contributed by atoms with Crippen LogP contribution in [0.1, 0.15) is 10.4 Å². The first kappa shape index (κ1) is 14.0. The third kappa shape index (κ3) is 3.52. The fourth-order valence-corrected chi connectivity index (χ4v) is 2.25. The van der Waals surface area contributed by atoms with Crippen molar-refractivity contribution >= 4 is 36.0 Å². The Kier molecular flexibility index (Phi) is 4.50. The average molecular weight is 293 g/mol. The molecule has 2 rings (SSSR count). The average Bonchev–Trinajstić information content (AvgIpc) is 2.41. The number of benzene rings is 2. The van der Waals surface area contributed by atoms with Crippen LogP contribution in [-0.2, 0) is 0 Å². The number of rotatable bonds is 3. The Balaban J connectivity index is 2.23. The molecule has 0 aromatic heterocycles. The van der Waals surface area contributed by atoms with Crippen LogP contribution in [0.2, 0.25) is 0 Å². The van der Waals surface area contributed by atoms with Crippen LogP contribution in [0.4, 0.5) is 10.1 Å². The molecule has 0 spiro atoms. The highest BCUT2D eigenvalue weighted by Crippen LogP contribution is 2.20. The second-order valence-electron chi connectivity index (χ2n) is 3.85. The molecule has 0 saturated heterocycles. The molecule has 0 heterocycles. The molecule has 0 aliphatic carbocycles. The summed E-state index contributed by atoms with van der Waals surface area (Å²) in [4.78, 5) is 13.6. The zero-order valence-corrected chi connectivity index (χ0v) is 11.9. The number of hydrogen-bond donors (Lipinski definition) is 2. The molecule has 2 aromatic rings. The number of amides is 1. The molecule has 1 N–H and O–H groups in total. The van der Waals surface area contributed by atoms with Gasteiger partial charge in [0.25, 0.3) is 5.91 Å². The molecule has 0 bridgehead atoms. The van der Waals surface area contributed by atoms with Crippen LogP contribution in [0.3, 0.4) is 0 Å². The fourth-order valence-electron chi connectivity index (χ4n) is 1.59. The highest BCUT2D eigenvalue weighted by atomic mass is 32.2. The summed E-state index contributed by atoms with van der Waals surface area (Å²) in [5.74, 6) is -1.04. The maximum absolute atomic E-state index is 13.6. The van der Waals surface area contributed by atoms with Crippen LogP contribution in [0, 0.1) is 5.82 Å². The van der Waals surface area contributed by atoms with Crippen molar-refractivity contribution in [1.29, 1.82) is 0 Å². The van der Waals surface area contributed by atoms with E-state index in [1.807, 2.05) is 24.5 Å². The van der Waals surface area contributed by atoms with Crippen molar-refractivity contribution in [2.45, 2.75) is 9.79 Å². The number of nitrogens with one attached hydrogen (secondary N) is 1. The van der Waals surface area contributed by atoms with Crippen LogP contribution in [0.25, 0.3) is 0 Å². The molecule has 0 unspecified atom stereocenters. The SMILES string of the molecule is CSc1cccc(NC(=O)c2cc(S)ccc2F)c1. The van der Waals surface area contributed by atoms with E-state index in [0.717, 1.165) is 4.90 Å². The molecule has 19 heavy (non-hydrogen) atoms. The lowest BCUT2D eigenvalue weighted by Crippen LogP contribution is -2.13. The molecule has 0 aliphatic rings. The minimum Gasteiger partial charge on any atom is -0.322 e. The molecular formula is C14H12FNOS2. The van der Waals surface area contributed by atoms with Crippen LogP contribution < -0.4 is 5.32 Å². The minimum absolute atomic E-state index is 0.0120. The summed E-state index contributed by atoms with van der Waals surface area (Å²) in [5.41, 5.74) is 0.628. The van der Waals surface area contributed by atoms with E-state index in [1.165, 1.54) is 18.2 Å². The van der Waals surface area contributed by atoms with E-state index in [0.29, 0.717) is 10.6 Å². The maximum atomic E-state index is 13.6. The van der Waals surface area contributed by atoms with Crippen molar-refractivity contribution in [2.24, 2.45) is 0 Å². The van der Waals surface area contributed by atoms with Crippen molar-refractivity contribution in [3.05, 3.63) is 53.8 Å². The second-order valence-corrected chi connectivity index (χ2v) is 5.25. The first-order chi connectivity index (χ1) is 9.10. The fraction of sp³-hybridized carbons (Fsp3) is 0.0714. The minimum atomic E-state index is -0.559. The number of carbonyl (C=O) groups excluding carboxylic acids is 1. The van der Waals surface area contributed by atoms with E-state index in [1.54, 1.807) is 17.8 Å². The predicted octanol–water partition coefficient (Wildman–Crippen LogP) is 4.09. The molecular weight excluding hydrogens is 281 g/mol. The normalized spacial score (nSPS) is 10.3. The number of hydrogen-bond acceptors (Lipinski definition) is 3. The maximum Gasteiger partial charge on any atom is 0.258 e. The van der Waals surface area contributed by atoms with Gasteiger partial charge in [0, 0.05) is 15.5 Å². The molecule has 1 amide bonds. The van der Waals surface area contributed by atoms with Crippen molar-refractivity contribution < 1.29 is 9.18 Å². The van der Waals surface area contributed by atoms with E-state index in [-0.39, 0.29) is 5.56 Å². The molecule has 2 aromatic carbocycles. The summed E-state index contributed by atoms with van der Waals surface area (Å²) in [7, 11) is 0. The van der Waals surface area contributed by atoms with Crippen LogP contribution in [-0.4, -0.2) is 12.2 Å². The predicted molar refractivity (Wildman–Crippen MR) is 79.8 cm³/mol. The lowest BCUT2D eigenvalue weighted by Gasteiger charge is -2.07. The van der Waals surface area contributed by atoms with Gasteiger partial charge in [-0.1, -0.05) is 6.07 Å². The molecule has 0 saturated carbocycles. The van der Waals surface area contributed by atoms with Gasteiger partial charge in [0.05, 0.1) is 5.56 Å². The molecule has 0 fully saturated rings. The summed E-state index contributed by atoms with van der Waals surface area (Å²) in [6.45, 7) is 0. The Hall–Kier alpha value is -1.46. The highest BCUT2D eigenvalue weighted by molar-refractivity contribution is 7.98. The lowest BCUT2D eigenvalue weighted by atomic mass is 10.2. The highest BCUT2D eigenvalue weighted by Gasteiger charge is 2.12. The first-order valence-corrected chi connectivity index (χ1v) is 7.21. The van der Waals surface area contributed by atoms with Gasteiger partial charge in [-0.3, -0.25) is 4.79 Å². The quantitative estimate of drug-likeness (QED) is 0.659. The van der Waals surface area contributed by atoms with Gasteiger partial charge in [-0.15, -0.1) is 24.4 Å². The van der Waals surface area contributed by atoms with Gasteiger partial charge in [-0.05, 0) is 42.7 Å². The van der Waals surface area contributed by atoms with Gasteiger partial charge >= 0.3 is 0 Å². The number of anilines is 1. The van der Waals surface area contributed by atoms with Crippen molar-refractivity contribution in [2.75, 3.05) is 11.6 Å². The van der Waals surface area contributed by atoms with E-state index in [9.17, 15) is 9.18 Å². The molecule has 2 nitrogen and oxygen atoms in total. The zero-order chi connectivity index (χ0) is 13.8. The van der Waals surface area contributed by atoms with E-state index in [2.05, 4.69) is 17.9 Å². The largest absolute Gasteiger partial charge is 0.322 e. The zero-order valence-electron chi connectivity index (χ0n) is 10.2. The molecule has 0 radical (unpaired) electrons. The Morgan fingerprint density at radius 1 is 1.26 bits per heavy atom. The van der Waals surface area contributed by atoms with Gasteiger partial charge in [0.1, 0.15) is 5.82 Å². The van der Waals surface area contributed by atoms with E-state index in [4.69, 9.17) is 0 Å². The smallest absolute Gasteiger partial charge is 0.258 e. The topological polar surface area (TPSA) is 29.1 Å². The summed E-state index contributed by atoms with van der Waals surface area (Å²) in [5, 5.41) is 2.67. The Morgan fingerprint density at radius 2 is 2.05 bits per heavy atom. The molecule has 98 valence electrons. The Morgan fingerprint density at radius 3 is 2.79 bits per heavy atom. The second kappa shape index (κ2) is 6.12. The monoisotopic (exact) mass is 293 g/mol. The third-order valence-electron chi connectivity index (χ3n) is 2.52. The number of thioether (sulfide) groups is 1. The van der Waals surface area contributed by atoms with Gasteiger partial charge < -0.3 is 5.32 Å². The third-order valence-corrected chi connectivity index (χ3v) is 3.53. The Bertz CT molecular complexity index is 616. The van der Waals surface area contributed by atoms with Crippen LogP contribution in [0.15, 0.2) is 52.3 Å².